The van der Waals surface area contributed by atoms with Crippen LogP contribution in [0, 0.1) is 0 Å². The largest absolute Gasteiger partial charge is 0.493 e. The fourth-order valence-corrected chi connectivity index (χ4v) is 2.83. The molecule has 0 amide bonds. The minimum Gasteiger partial charge on any atom is -0.493 e. The molecule has 136 valence electrons. The number of hydrogen-bond acceptors (Lipinski definition) is 8. The third-order valence-electron chi connectivity index (χ3n) is 3.30. The SMILES string of the molecule is COc1cc(C(=O)OCc2nc(-c3cccs3)no2)ccc1OC(C)C. The van der Waals surface area contributed by atoms with Gasteiger partial charge in [-0.3, -0.25) is 0 Å². The van der Waals surface area contributed by atoms with Crippen molar-refractivity contribution in [2.24, 2.45) is 0 Å². The van der Waals surface area contributed by atoms with Gasteiger partial charge in [-0.15, -0.1) is 11.3 Å². The summed E-state index contributed by atoms with van der Waals surface area (Å²) < 4.78 is 21.2. The van der Waals surface area contributed by atoms with Crippen LogP contribution < -0.4 is 9.47 Å². The van der Waals surface area contributed by atoms with Crippen molar-refractivity contribution in [1.29, 1.82) is 0 Å². The molecule has 0 bridgehead atoms. The van der Waals surface area contributed by atoms with Crippen molar-refractivity contribution in [3.8, 4) is 22.2 Å². The van der Waals surface area contributed by atoms with E-state index in [0.29, 0.717) is 22.9 Å². The molecule has 0 saturated heterocycles. The lowest BCUT2D eigenvalue weighted by Gasteiger charge is -2.14. The average Bonchev–Trinajstić information content (AvgIpc) is 3.30. The first kappa shape index (κ1) is 17.9. The van der Waals surface area contributed by atoms with Gasteiger partial charge in [-0.25, -0.2) is 4.79 Å². The molecule has 0 aliphatic carbocycles. The van der Waals surface area contributed by atoms with Crippen LogP contribution in [0.3, 0.4) is 0 Å². The normalized spacial score (nSPS) is 10.8. The molecule has 0 aliphatic rings. The van der Waals surface area contributed by atoms with Gasteiger partial charge in [0.2, 0.25) is 5.82 Å². The minimum atomic E-state index is -0.518. The van der Waals surface area contributed by atoms with Crippen LogP contribution in [0.4, 0.5) is 0 Å². The highest BCUT2D eigenvalue weighted by Gasteiger charge is 2.15. The highest BCUT2D eigenvalue weighted by atomic mass is 32.1. The molecule has 8 heteroatoms. The van der Waals surface area contributed by atoms with Crippen molar-refractivity contribution in [3.05, 3.63) is 47.2 Å². The lowest BCUT2D eigenvalue weighted by atomic mass is 10.2. The van der Waals surface area contributed by atoms with Gasteiger partial charge in [-0.2, -0.15) is 4.98 Å². The molecule has 2 aromatic heterocycles. The van der Waals surface area contributed by atoms with Gasteiger partial charge in [-0.05, 0) is 43.5 Å². The van der Waals surface area contributed by atoms with Gasteiger partial charge < -0.3 is 18.7 Å². The van der Waals surface area contributed by atoms with Crippen molar-refractivity contribution < 1.29 is 23.5 Å². The standard InChI is InChI=1S/C18H18N2O5S/c1-11(2)24-13-7-6-12(9-14(13)22-3)18(21)23-10-16-19-17(20-25-16)15-5-4-8-26-15/h4-9,11H,10H2,1-3H3. The first-order valence-electron chi connectivity index (χ1n) is 7.95. The summed E-state index contributed by atoms with van der Waals surface area (Å²) >= 11 is 1.50. The summed E-state index contributed by atoms with van der Waals surface area (Å²) in [6.45, 7) is 3.72. The molecule has 2 heterocycles. The number of carbonyl (C=O) groups excluding carboxylic acids is 1. The van der Waals surface area contributed by atoms with Crippen molar-refractivity contribution in [2.75, 3.05) is 7.11 Å². The predicted molar refractivity (Wildman–Crippen MR) is 95.5 cm³/mol. The van der Waals surface area contributed by atoms with Gasteiger partial charge in [0.25, 0.3) is 5.89 Å². The van der Waals surface area contributed by atoms with Gasteiger partial charge in [0.15, 0.2) is 18.1 Å². The number of rotatable bonds is 7. The van der Waals surface area contributed by atoms with Gasteiger partial charge in [-0.1, -0.05) is 11.2 Å². The third kappa shape index (κ3) is 4.20. The molecule has 0 atom stereocenters. The van der Waals surface area contributed by atoms with Crippen molar-refractivity contribution in [3.63, 3.8) is 0 Å². The molecular weight excluding hydrogens is 356 g/mol. The van der Waals surface area contributed by atoms with E-state index in [0.717, 1.165) is 4.88 Å². The summed E-state index contributed by atoms with van der Waals surface area (Å²) in [6, 6.07) is 8.66. The summed E-state index contributed by atoms with van der Waals surface area (Å²) in [6.07, 6.45) is -0.00299. The van der Waals surface area contributed by atoms with Crippen molar-refractivity contribution in [1.82, 2.24) is 10.1 Å². The molecule has 0 radical (unpaired) electrons. The monoisotopic (exact) mass is 374 g/mol. The molecule has 0 unspecified atom stereocenters. The lowest BCUT2D eigenvalue weighted by molar-refractivity contribution is 0.0429. The van der Waals surface area contributed by atoms with E-state index in [1.165, 1.54) is 18.4 Å². The number of ether oxygens (including phenoxy) is 3. The van der Waals surface area contributed by atoms with Crippen LogP contribution in [0.1, 0.15) is 30.1 Å². The fraction of sp³-hybridized carbons (Fsp3) is 0.278. The Hall–Kier alpha value is -2.87. The Bertz CT molecular complexity index is 874. The second kappa shape index (κ2) is 8.01. The summed E-state index contributed by atoms with van der Waals surface area (Å²) in [4.78, 5) is 17.3. The van der Waals surface area contributed by atoms with Crippen LogP contribution in [0.5, 0.6) is 11.5 Å². The number of nitrogens with zero attached hydrogens (tertiary/aromatic N) is 2. The van der Waals surface area contributed by atoms with Crippen LogP contribution in [0.2, 0.25) is 0 Å². The zero-order chi connectivity index (χ0) is 18.5. The van der Waals surface area contributed by atoms with E-state index >= 15 is 0 Å². The summed E-state index contributed by atoms with van der Waals surface area (Å²) in [5.41, 5.74) is 0.343. The van der Waals surface area contributed by atoms with Crippen LogP contribution in [-0.2, 0) is 11.3 Å². The maximum absolute atomic E-state index is 12.2. The fourth-order valence-electron chi connectivity index (χ4n) is 2.18. The van der Waals surface area contributed by atoms with E-state index in [4.69, 9.17) is 18.7 Å². The quantitative estimate of drug-likeness (QED) is 0.579. The van der Waals surface area contributed by atoms with Gasteiger partial charge in [0.05, 0.1) is 23.7 Å². The highest BCUT2D eigenvalue weighted by Crippen LogP contribution is 2.29. The second-order valence-corrected chi connectivity index (χ2v) is 6.55. The first-order valence-corrected chi connectivity index (χ1v) is 8.83. The highest BCUT2D eigenvalue weighted by molar-refractivity contribution is 7.13. The summed E-state index contributed by atoms with van der Waals surface area (Å²) in [7, 11) is 1.52. The predicted octanol–water partition coefficient (Wildman–Crippen LogP) is 3.95. The molecule has 0 saturated carbocycles. The van der Waals surface area contributed by atoms with Crippen LogP contribution >= 0.6 is 11.3 Å². The molecule has 1 aromatic carbocycles. The molecule has 26 heavy (non-hydrogen) atoms. The Kier molecular flexibility index (Phi) is 5.52. The first-order chi connectivity index (χ1) is 12.6. The molecule has 0 fully saturated rings. The summed E-state index contributed by atoms with van der Waals surface area (Å²) in [5, 5.41) is 5.79. The minimum absolute atomic E-state index is 0.00299. The molecular formula is C18H18N2O5S. The topological polar surface area (TPSA) is 83.7 Å². The van der Waals surface area contributed by atoms with Crippen LogP contribution in [0.15, 0.2) is 40.2 Å². The Morgan fingerprint density at radius 3 is 2.81 bits per heavy atom. The Balaban J connectivity index is 1.65. The van der Waals surface area contributed by atoms with E-state index in [1.54, 1.807) is 18.2 Å². The van der Waals surface area contributed by atoms with Crippen molar-refractivity contribution in [2.45, 2.75) is 26.6 Å². The average molecular weight is 374 g/mol. The lowest BCUT2D eigenvalue weighted by Crippen LogP contribution is -2.09. The number of hydrogen-bond donors (Lipinski definition) is 0. The number of benzene rings is 1. The van der Waals surface area contributed by atoms with Gasteiger partial charge >= 0.3 is 5.97 Å². The molecule has 7 nitrogen and oxygen atoms in total. The van der Waals surface area contributed by atoms with Gasteiger partial charge in [0, 0.05) is 0 Å². The van der Waals surface area contributed by atoms with Crippen LogP contribution in [-0.4, -0.2) is 29.3 Å². The Labute approximate surface area is 154 Å². The van der Waals surface area contributed by atoms with E-state index < -0.39 is 5.97 Å². The number of methoxy groups -OCH3 is 1. The van der Waals surface area contributed by atoms with E-state index in [1.807, 2.05) is 31.4 Å². The number of esters is 1. The second-order valence-electron chi connectivity index (χ2n) is 5.60. The van der Waals surface area contributed by atoms with E-state index in [2.05, 4.69) is 10.1 Å². The zero-order valence-corrected chi connectivity index (χ0v) is 15.4. The number of carbonyl (C=O) groups is 1. The molecule has 0 aliphatic heterocycles. The van der Waals surface area contributed by atoms with Gasteiger partial charge in [0.1, 0.15) is 0 Å². The Morgan fingerprint density at radius 1 is 1.27 bits per heavy atom. The number of thiophene rings is 1. The summed E-state index contributed by atoms with van der Waals surface area (Å²) in [5.74, 6) is 1.22. The van der Waals surface area contributed by atoms with E-state index in [9.17, 15) is 4.79 Å². The zero-order valence-electron chi connectivity index (χ0n) is 14.6. The van der Waals surface area contributed by atoms with Crippen LogP contribution in [0.25, 0.3) is 10.7 Å². The number of aromatic nitrogens is 2. The van der Waals surface area contributed by atoms with E-state index in [-0.39, 0.29) is 18.6 Å². The molecule has 3 aromatic rings. The maximum Gasteiger partial charge on any atom is 0.338 e. The van der Waals surface area contributed by atoms with Crippen molar-refractivity contribution >= 4 is 17.3 Å². The smallest absolute Gasteiger partial charge is 0.338 e. The molecule has 3 rings (SSSR count). The molecule has 0 N–H and O–H groups in total. The molecule has 0 spiro atoms. The Morgan fingerprint density at radius 2 is 2.12 bits per heavy atom. The third-order valence-corrected chi connectivity index (χ3v) is 4.16. The maximum atomic E-state index is 12.2.